The number of hydrogen-bond acceptors (Lipinski definition) is 2. The predicted molar refractivity (Wildman–Crippen MR) is 80.4 cm³/mol. The minimum atomic E-state index is -3.63. The molecule has 1 aromatic carbocycles. The second-order valence-electron chi connectivity index (χ2n) is 5.57. The van der Waals surface area contributed by atoms with Gasteiger partial charge in [-0.1, -0.05) is 26.7 Å². The maximum Gasteiger partial charge on any atom is 0.241 e. The van der Waals surface area contributed by atoms with Crippen LogP contribution in [0.3, 0.4) is 0 Å². The zero-order chi connectivity index (χ0) is 14.9. The molecule has 0 bridgehead atoms. The number of benzene rings is 1. The van der Waals surface area contributed by atoms with Crippen molar-refractivity contribution in [3.05, 3.63) is 28.5 Å². The van der Waals surface area contributed by atoms with Gasteiger partial charge in [0.15, 0.2) is 0 Å². The predicted octanol–water partition coefficient (Wildman–Crippen LogP) is 3.69. The first-order valence-corrected chi connectivity index (χ1v) is 9.06. The number of hydrogen-bond donors (Lipinski definition) is 1. The molecule has 112 valence electrons. The van der Waals surface area contributed by atoms with E-state index in [9.17, 15) is 12.8 Å². The Balaban J connectivity index is 2.22. The molecule has 0 spiro atoms. The standard InChI is InChI=1S/C14H19BrFNO2S/c1-9-4-3-5-13(10(9)2)17-20(18,19)14-7-6-11(16)8-12(14)15/h6-10,13,17H,3-5H2,1-2H3. The summed E-state index contributed by atoms with van der Waals surface area (Å²) in [6.45, 7) is 4.23. The normalized spacial score (nSPS) is 27.5. The highest BCUT2D eigenvalue weighted by atomic mass is 79.9. The van der Waals surface area contributed by atoms with Crippen LogP contribution in [0.4, 0.5) is 4.39 Å². The van der Waals surface area contributed by atoms with E-state index in [0.717, 1.165) is 25.3 Å². The van der Waals surface area contributed by atoms with E-state index in [4.69, 9.17) is 0 Å². The van der Waals surface area contributed by atoms with Crippen molar-refractivity contribution in [3.8, 4) is 0 Å². The Morgan fingerprint density at radius 2 is 2.00 bits per heavy atom. The van der Waals surface area contributed by atoms with Gasteiger partial charge in [0.05, 0.1) is 4.90 Å². The molecule has 0 aromatic heterocycles. The molecule has 6 heteroatoms. The summed E-state index contributed by atoms with van der Waals surface area (Å²) in [5.41, 5.74) is 0. The lowest BCUT2D eigenvalue weighted by atomic mass is 9.78. The van der Waals surface area contributed by atoms with Gasteiger partial charge in [0.25, 0.3) is 0 Å². The Kier molecular flexibility index (Phi) is 4.87. The highest BCUT2D eigenvalue weighted by molar-refractivity contribution is 9.10. The highest BCUT2D eigenvalue weighted by Gasteiger charge is 2.31. The topological polar surface area (TPSA) is 46.2 Å². The van der Waals surface area contributed by atoms with Gasteiger partial charge in [-0.2, -0.15) is 0 Å². The smallest absolute Gasteiger partial charge is 0.208 e. The molecule has 2 rings (SSSR count). The van der Waals surface area contributed by atoms with Crippen LogP contribution < -0.4 is 4.72 Å². The molecule has 1 aromatic rings. The van der Waals surface area contributed by atoms with Crippen LogP contribution in [0.25, 0.3) is 0 Å². The first-order chi connectivity index (χ1) is 9.31. The minimum absolute atomic E-state index is 0.0549. The van der Waals surface area contributed by atoms with Crippen LogP contribution in [0.2, 0.25) is 0 Å². The van der Waals surface area contributed by atoms with Gasteiger partial charge in [-0.15, -0.1) is 0 Å². The van der Waals surface area contributed by atoms with Gasteiger partial charge < -0.3 is 0 Å². The third-order valence-corrected chi connectivity index (χ3v) is 6.66. The molecule has 0 aliphatic heterocycles. The summed E-state index contributed by atoms with van der Waals surface area (Å²) in [6, 6.07) is 3.56. The average Bonchev–Trinajstić information content (AvgIpc) is 2.34. The van der Waals surface area contributed by atoms with Gasteiger partial charge in [-0.3, -0.25) is 0 Å². The highest BCUT2D eigenvalue weighted by Crippen LogP contribution is 2.31. The Morgan fingerprint density at radius 3 is 2.65 bits per heavy atom. The molecule has 1 saturated carbocycles. The molecular weight excluding hydrogens is 345 g/mol. The summed E-state index contributed by atoms with van der Waals surface area (Å²) in [7, 11) is -3.63. The van der Waals surface area contributed by atoms with Gasteiger partial charge in [-0.05, 0) is 52.4 Å². The largest absolute Gasteiger partial charge is 0.241 e. The Bertz CT molecular complexity index is 591. The average molecular weight is 364 g/mol. The van der Waals surface area contributed by atoms with Gasteiger partial charge in [0.2, 0.25) is 10.0 Å². The van der Waals surface area contributed by atoms with E-state index in [1.807, 2.05) is 0 Å². The molecule has 1 aliphatic carbocycles. The molecule has 0 heterocycles. The van der Waals surface area contributed by atoms with Crippen LogP contribution in [0.5, 0.6) is 0 Å². The van der Waals surface area contributed by atoms with Crippen molar-refractivity contribution in [1.82, 2.24) is 4.72 Å². The first-order valence-electron chi connectivity index (χ1n) is 6.78. The molecule has 3 unspecified atom stereocenters. The third kappa shape index (κ3) is 3.40. The first kappa shape index (κ1) is 15.9. The lowest BCUT2D eigenvalue weighted by Crippen LogP contribution is -2.43. The van der Waals surface area contributed by atoms with E-state index in [1.165, 1.54) is 12.1 Å². The second-order valence-corrected chi connectivity index (χ2v) is 8.11. The Hall–Kier alpha value is -0.460. The van der Waals surface area contributed by atoms with E-state index in [-0.39, 0.29) is 15.4 Å². The molecule has 3 nitrogen and oxygen atoms in total. The zero-order valence-corrected chi connectivity index (χ0v) is 14.0. The van der Waals surface area contributed by atoms with Crippen molar-refractivity contribution in [2.24, 2.45) is 11.8 Å². The fourth-order valence-corrected chi connectivity index (χ4v) is 5.12. The van der Waals surface area contributed by atoms with Crippen LogP contribution >= 0.6 is 15.9 Å². The summed E-state index contributed by atoms with van der Waals surface area (Å²) in [5.74, 6) is 0.348. The minimum Gasteiger partial charge on any atom is -0.208 e. The van der Waals surface area contributed by atoms with Crippen molar-refractivity contribution >= 4 is 26.0 Å². The van der Waals surface area contributed by atoms with Gasteiger partial charge in [0.1, 0.15) is 5.82 Å². The third-order valence-electron chi connectivity index (χ3n) is 4.20. The Morgan fingerprint density at radius 1 is 1.30 bits per heavy atom. The lowest BCUT2D eigenvalue weighted by molar-refractivity contribution is 0.227. The van der Waals surface area contributed by atoms with E-state index in [2.05, 4.69) is 34.5 Å². The van der Waals surface area contributed by atoms with Crippen LogP contribution in [0.1, 0.15) is 33.1 Å². The molecule has 0 amide bonds. The maximum absolute atomic E-state index is 13.1. The molecule has 0 radical (unpaired) electrons. The molecule has 1 aliphatic rings. The molecule has 1 fully saturated rings. The van der Waals surface area contributed by atoms with Crippen LogP contribution in [0.15, 0.2) is 27.6 Å². The monoisotopic (exact) mass is 363 g/mol. The van der Waals surface area contributed by atoms with Crippen molar-refractivity contribution < 1.29 is 12.8 Å². The maximum atomic E-state index is 13.1. The van der Waals surface area contributed by atoms with Gasteiger partial charge in [0, 0.05) is 10.5 Å². The van der Waals surface area contributed by atoms with Crippen molar-refractivity contribution in [2.45, 2.75) is 44.0 Å². The molecular formula is C14H19BrFNO2S. The van der Waals surface area contributed by atoms with Crippen LogP contribution in [-0.2, 0) is 10.0 Å². The number of rotatable bonds is 3. The van der Waals surface area contributed by atoms with E-state index >= 15 is 0 Å². The van der Waals surface area contributed by atoms with E-state index < -0.39 is 15.8 Å². The quantitative estimate of drug-likeness (QED) is 0.889. The fourth-order valence-electron chi connectivity index (χ4n) is 2.70. The summed E-state index contributed by atoms with van der Waals surface area (Å²) < 4.78 is 40.9. The van der Waals surface area contributed by atoms with Crippen molar-refractivity contribution in [1.29, 1.82) is 0 Å². The summed E-state index contributed by atoms with van der Waals surface area (Å²) in [4.78, 5) is 0.0873. The molecule has 0 saturated heterocycles. The number of nitrogens with one attached hydrogen (secondary N) is 1. The number of sulfonamides is 1. The van der Waals surface area contributed by atoms with Gasteiger partial charge in [-0.25, -0.2) is 17.5 Å². The van der Waals surface area contributed by atoms with Crippen LogP contribution in [0, 0.1) is 17.7 Å². The summed E-state index contributed by atoms with van der Waals surface area (Å²) in [6.07, 6.45) is 3.02. The Labute approximate surface area is 128 Å². The zero-order valence-electron chi connectivity index (χ0n) is 11.6. The van der Waals surface area contributed by atoms with Crippen molar-refractivity contribution in [2.75, 3.05) is 0 Å². The lowest BCUT2D eigenvalue weighted by Gasteiger charge is -2.34. The van der Waals surface area contributed by atoms with Crippen molar-refractivity contribution in [3.63, 3.8) is 0 Å². The van der Waals surface area contributed by atoms with E-state index in [0.29, 0.717) is 11.8 Å². The second kappa shape index (κ2) is 6.12. The van der Waals surface area contributed by atoms with Crippen LogP contribution in [-0.4, -0.2) is 14.5 Å². The molecule has 1 N–H and O–H groups in total. The van der Waals surface area contributed by atoms with E-state index in [1.54, 1.807) is 0 Å². The SMILES string of the molecule is CC1CCCC(NS(=O)(=O)c2ccc(F)cc2Br)C1C. The summed E-state index contributed by atoms with van der Waals surface area (Å²) >= 11 is 3.12. The molecule has 3 atom stereocenters. The molecule has 20 heavy (non-hydrogen) atoms. The number of halogens is 2. The van der Waals surface area contributed by atoms with Gasteiger partial charge >= 0.3 is 0 Å². The summed E-state index contributed by atoms with van der Waals surface area (Å²) in [5, 5.41) is 0. The fraction of sp³-hybridized carbons (Fsp3) is 0.571.